The van der Waals surface area contributed by atoms with Crippen molar-refractivity contribution in [2.75, 3.05) is 0 Å². The van der Waals surface area contributed by atoms with Gasteiger partial charge in [0.1, 0.15) is 0 Å². The maximum atomic E-state index is 14.3. The lowest BCUT2D eigenvalue weighted by Crippen LogP contribution is -2.61. The summed E-state index contributed by atoms with van der Waals surface area (Å²) < 4.78 is 92.2. The molecule has 0 saturated carbocycles. The highest BCUT2D eigenvalue weighted by molar-refractivity contribution is 14.3. The second-order valence-corrected chi connectivity index (χ2v) is 13.8. The number of rotatable bonds is 7. The highest BCUT2D eigenvalue weighted by Crippen LogP contribution is 2.60. The van der Waals surface area contributed by atoms with E-state index in [4.69, 9.17) is 4.55 Å². The molecule has 0 spiro atoms. The molecule has 0 aromatic carbocycles. The molecular formula is C8H10F5I3O2S. The fraction of sp³-hybridized carbons (Fsp3) is 0.625. The largest absolute Gasteiger partial charge is 0.336 e. The fourth-order valence-corrected chi connectivity index (χ4v) is 6.93. The van der Waals surface area contributed by atoms with Gasteiger partial charge in [-0.1, -0.05) is 75.7 Å². The molecule has 0 aromatic rings. The van der Waals surface area contributed by atoms with Gasteiger partial charge >= 0.3 is 5.92 Å². The molecule has 0 radical (unpaired) electrons. The van der Waals surface area contributed by atoms with Gasteiger partial charge in [0.25, 0.3) is 4.69 Å². The molecule has 0 aliphatic heterocycles. The molecule has 19 heavy (non-hydrogen) atoms. The zero-order valence-corrected chi connectivity index (χ0v) is 16.7. The lowest BCUT2D eigenvalue weighted by atomic mass is 10.0. The van der Waals surface area contributed by atoms with Gasteiger partial charge < -0.3 is 4.55 Å². The molecule has 1 N–H and O–H groups in total. The number of alkyl halides is 8. The number of halogens is 8. The molecule has 2 nitrogen and oxygen atoms in total. The van der Waals surface area contributed by atoms with Gasteiger partial charge in [0.15, 0.2) is 0 Å². The van der Waals surface area contributed by atoms with Gasteiger partial charge in [-0.05, 0) is 6.92 Å². The standard InChI is InChI=1S/C8H10F5I3O2S/c1-5(9,8(13,16-4)19(17)18)6(10,11)7(12,14-2)15-3/h2-4H2,1H3,(H,17,18). The van der Waals surface area contributed by atoms with Crippen molar-refractivity contribution in [3.63, 3.8) is 0 Å². The van der Waals surface area contributed by atoms with E-state index in [0.29, 0.717) is 0 Å². The van der Waals surface area contributed by atoms with E-state index >= 15 is 0 Å². The lowest BCUT2D eigenvalue weighted by molar-refractivity contribution is -0.167. The third kappa shape index (κ3) is 3.18. The smallest absolute Gasteiger partial charge is 0.303 e. The van der Waals surface area contributed by atoms with Gasteiger partial charge in [-0.2, -0.15) is 8.78 Å². The maximum absolute atomic E-state index is 14.3. The molecule has 0 amide bonds. The fourth-order valence-electron chi connectivity index (χ4n) is 0.989. The first-order chi connectivity index (χ1) is 8.38. The van der Waals surface area contributed by atoms with Gasteiger partial charge in [-0.25, -0.2) is 17.4 Å². The molecular weight excluding hydrogens is 636 g/mol. The zero-order chi connectivity index (χ0) is 15.7. The van der Waals surface area contributed by atoms with E-state index in [-0.39, 0.29) is 6.92 Å². The Morgan fingerprint density at radius 2 is 1.37 bits per heavy atom. The summed E-state index contributed by atoms with van der Waals surface area (Å²) in [6.07, 6.45) is 0. The van der Waals surface area contributed by atoms with Crippen molar-refractivity contribution in [1.29, 1.82) is 0 Å². The Morgan fingerprint density at radius 3 is 1.58 bits per heavy atom. The molecule has 0 saturated heterocycles. The Kier molecular flexibility index (Phi) is 7.32. The first-order valence-electron chi connectivity index (χ1n) is 4.12. The molecule has 3 atom stereocenters. The molecule has 11 heteroatoms. The van der Waals surface area contributed by atoms with Crippen molar-refractivity contribution >= 4 is 86.8 Å². The molecule has 3 unspecified atom stereocenters. The minimum atomic E-state index is -4.78. The average molecular weight is 646 g/mol. The van der Waals surface area contributed by atoms with Gasteiger partial charge in [-0.15, -0.1) is 0 Å². The number of hydrogen-bond acceptors (Lipinski definition) is 1. The molecule has 0 aliphatic rings. The molecule has 0 rings (SSSR count). The van der Waals surface area contributed by atoms with Crippen LogP contribution >= 0.6 is 62.2 Å². The highest BCUT2D eigenvalue weighted by atomic mass is 127. The third-order valence-corrected chi connectivity index (χ3v) is 14.0. The quantitative estimate of drug-likeness (QED) is 0.197. The van der Waals surface area contributed by atoms with Crippen molar-refractivity contribution in [3.8, 4) is 0 Å². The Morgan fingerprint density at radius 1 is 1.00 bits per heavy atom. The second-order valence-electron chi connectivity index (χ2n) is 3.24. The molecule has 0 aliphatic carbocycles. The minimum Gasteiger partial charge on any atom is -0.303 e. The van der Waals surface area contributed by atoms with Crippen LogP contribution in [-0.2, 0) is 11.1 Å². The van der Waals surface area contributed by atoms with E-state index in [9.17, 15) is 26.2 Å². The van der Waals surface area contributed by atoms with E-state index in [1.165, 1.54) is 0 Å². The molecule has 0 bridgehead atoms. The van der Waals surface area contributed by atoms with Gasteiger partial charge in [-0.3, -0.25) is 0 Å². The van der Waals surface area contributed by atoms with Crippen LogP contribution in [0.2, 0.25) is 0 Å². The van der Waals surface area contributed by atoms with Crippen LogP contribution in [0.4, 0.5) is 22.0 Å². The molecule has 0 fully saturated rings. The third-order valence-electron chi connectivity index (χ3n) is 2.22. The summed E-state index contributed by atoms with van der Waals surface area (Å²) in [7, 11) is 0. The van der Waals surface area contributed by atoms with Crippen LogP contribution in [0.1, 0.15) is 6.92 Å². The summed E-state index contributed by atoms with van der Waals surface area (Å²) in [5, 5.41) is 0. The van der Waals surface area contributed by atoms with Crippen LogP contribution in [0.25, 0.3) is 0 Å². The predicted molar refractivity (Wildman–Crippen MR) is 96.3 cm³/mol. The zero-order valence-electron chi connectivity index (χ0n) is 9.41. The first kappa shape index (κ1) is 20.6. The van der Waals surface area contributed by atoms with Crippen LogP contribution in [0.3, 0.4) is 0 Å². The van der Waals surface area contributed by atoms with Gasteiger partial charge in [0.2, 0.25) is 16.7 Å². The van der Waals surface area contributed by atoms with Crippen molar-refractivity contribution in [2.24, 2.45) is 0 Å². The van der Waals surface area contributed by atoms with Crippen molar-refractivity contribution in [3.05, 3.63) is 0 Å². The first-order valence-corrected chi connectivity index (χ1v) is 13.0. The second kappa shape index (κ2) is 6.76. The molecule has 0 heterocycles. The lowest BCUT2D eigenvalue weighted by Gasteiger charge is -2.40. The topological polar surface area (TPSA) is 37.3 Å². The summed E-state index contributed by atoms with van der Waals surface area (Å²) in [5.41, 5.74) is -4.15. The normalized spacial score (nSPS) is 21.4. The van der Waals surface area contributed by atoms with Crippen LogP contribution in [0.15, 0.2) is 0 Å². The van der Waals surface area contributed by atoms with Crippen LogP contribution in [0, 0.1) is 0 Å². The van der Waals surface area contributed by atoms with Crippen LogP contribution in [0.5, 0.6) is 0 Å². The maximum Gasteiger partial charge on any atom is 0.336 e. The van der Waals surface area contributed by atoms with Crippen LogP contribution < -0.4 is 0 Å². The summed E-state index contributed by atoms with van der Waals surface area (Å²) in [6, 6.07) is 0. The van der Waals surface area contributed by atoms with E-state index < -0.39 is 89.6 Å². The van der Waals surface area contributed by atoms with Gasteiger partial charge in [0.05, 0.1) is 0 Å². The van der Waals surface area contributed by atoms with E-state index in [0.717, 1.165) is 0 Å². The predicted octanol–water partition coefficient (Wildman–Crippen LogP) is 4.03. The Labute approximate surface area is 139 Å². The van der Waals surface area contributed by atoms with Crippen molar-refractivity contribution in [1.82, 2.24) is 0 Å². The highest BCUT2D eigenvalue weighted by Gasteiger charge is 2.75. The number of hydrogen-bond donors (Lipinski definition) is 1. The summed E-state index contributed by atoms with van der Waals surface area (Å²) in [4.78, 5) is 0. The average Bonchev–Trinajstić information content (AvgIpc) is 2.35. The summed E-state index contributed by atoms with van der Waals surface area (Å²) >= 11 is -9.94. The Bertz CT molecular complexity index is 423. The molecule has 0 aromatic heterocycles. The Hall–Kier alpha value is 1.56. The summed E-state index contributed by atoms with van der Waals surface area (Å²) in [6.45, 7) is 0.0964. The van der Waals surface area contributed by atoms with E-state index in [1.807, 2.05) is 0 Å². The van der Waals surface area contributed by atoms with E-state index in [1.54, 1.807) is 0 Å². The Balaban J connectivity index is 6.16. The van der Waals surface area contributed by atoms with Crippen molar-refractivity contribution in [2.45, 2.75) is 23.2 Å². The van der Waals surface area contributed by atoms with E-state index in [2.05, 4.69) is 13.5 Å². The van der Waals surface area contributed by atoms with Gasteiger partial charge in [0, 0.05) is 0 Å². The molecule has 116 valence electrons. The SMILES string of the molecule is C=IC(F)(I=C)C(F)(F)C(C)(F)C(F)(I=C)S(=O)O. The monoisotopic (exact) mass is 646 g/mol. The van der Waals surface area contributed by atoms with Crippen LogP contribution in [-0.4, -0.2) is 38.6 Å². The minimum absolute atomic E-state index is 0.0964. The van der Waals surface area contributed by atoms with Crippen molar-refractivity contribution < 1.29 is 30.7 Å². The summed E-state index contributed by atoms with van der Waals surface area (Å²) in [5.74, 6) is -4.78.